The topological polar surface area (TPSA) is 54.3 Å². The molecule has 6 nitrogen and oxygen atoms in total. The van der Waals surface area contributed by atoms with Gasteiger partial charge in [0.15, 0.2) is 5.13 Å². The van der Waals surface area contributed by atoms with Crippen LogP contribution in [-0.4, -0.2) is 52.8 Å². The highest BCUT2D eigenvalue weighted by molar-refractivity contribution is 7.22. The first kappa shape index (κ1) is 18.5. The third-order valence-corrected chi connectivity index (χ3v) is 5.08. The monoisotopic (exact) mass is 375 g/mol. The van der Waals surface area contributed by atoms with Gasteiger partial charge >= 0.3 is 0 Å². The van der Waals surface area contributed by atoms with Gasteiger partial charge in [-0.15, -0.1) is 0 Å². The van der Waals surface area contributed by atoms with Crippen molar-refractivity contribution in [1.82, 2.24) is 19.7 Å². The largest absolute Gasteiger partial charge is 0.309 e. The van der Waals surface area contributed by atoms with E-state index in [4.69, 9.17) is 0 Å². The van der Waals surface area contributed by atoms with Crippen LogP contribution in [-0.2, 0) is 6.54 Å². The van der Waals surface area contributed by atoms with Crippen molar-refractivity contribution in [2.45, 2.75) is 19.9 Å². The molecule has 1 aromatic carbocycles. The predicted octanol–water partition coefficient (Wildman–Crippen LogP) is 3.25. The minimum atomic E-state index is -0.303. The van der Waals surface area contributed by atoms with E-state index < -0.39 is 0 Å². The van der Waals surface area contributed by atoms with Gasteiger partial charge in [0.25, 0.3) is 5.91 Å². The molecule has 0 aliphatic heterocycles. The van der Waals surface area contributed by atoms with Crippen LogP contribution in [0.15, 0.2) is 30.5 Å². The first-order valence-corrected chi connectivity index (χ1v) is 9.35. The Hall–Kier alpha value is -2.32. The van der Waals surface area contributed by atoms with Gasteiger partial charge in [0.2, 0.25) is 0 Å². The van der Waals surface area contributed by atoms with Crippen molar-refractivity contribution in [3.63, 3.8) is 0 Å². The van der Waals surface area contributed by atoms with Crippen LogP contribution in [0.2, 0.25) is 0 Å². The Labute approximate surface area is 155 Å². The lowest BCUT2D eigenvalue weighted by atomic mass is 10.3. The lowest BCUT2D eigenvalue weighted by molar-refractivity contribution is 0.0975. The molecule has 26 heavy (non-hydrogen) atoms. The average molecular weight is 375 g/mol. The maximum Gasteiger partial charge on any atom is 0.278 e. The molecule has 3 rings (SSSR count). The number of fused-ring (bicyclic) bond motifs is 1. The number of carbonyl (C=O) groups is 1. The summed E-state index contributed by atoms with van der Waals surface area (Å²) in [6.45, 7) is 3.95. The van der Waals surface area contributed by atoms with Gasteiger partial charge < -0.3 is 4.90 Å². The van der Waals surface area contributed by atoms with Crippen molar-refractivity contribution >= 4 is 32.6 Å². The molecule has 3 aromatic rings. The number of amides is 1. The van der Waals surface area contributed by atoms with E-state index in [2.05, 4.69) is 15.0 Å². The summed E-state index contributed by atoms with van der Waals surface area (Å²) in [5, 5.41) is 4.77. The maximum atomic E-state index is 13.5. The first-order chi connectivity index (χ1) is 12.5. The fourth-order valence-electron chi connectivity index (χ4n) is 2.74. The summed E-state index contributed by atoms with van der Waals surface area (Å²) in [7, 11) is 4.00. The minimum absolute atomic E-state index is 0.136. The molecule has 8 heteroatoms. The zero-order chi connectivity index (χ0) is 18.7. The van der Waals surface area contributed by atoms with Crippen LogP contribution < -0.4 is 4.90 Å². The van der Waals surface area contributed by atoms with E-state index in [1.54, 1.807) is 27.9 Å². The summed E-state index contributed by atoms with van der Waals surface area (Å²) in [6.07, 6.45) is 2.44. The third kappa shape index (κ3) is 3.91. The normalized spacial score (nSPS) is 11.4. The Balaban J connectivity index is 1.94. The number of halogens is 1. The Morgan fingerprint density at radius 1 is 1.27 bits per heavy atom. The maximum absolute atomic E-state index is 13.5. The van der Waals surface area contributed by atoms with Crippen molar-refractivity contribution in [3.8, 4) is 0 Å². The first-order valence-electron chi connectivity index (χ1n) is 8.54. The second-order valence-electron chi connectivity index (χ2n) is 6.25. The summed E-state index contributed by atoms with van der Waals surface area (Å²) in [6, 6.07) is 6.20. The van der Waals surface area contributed by atoms with Gasteiger partial charge in [0.1, 0.15) is 11.5 Å². The standard InChI is InChI=1S/C18H22FN5OS/c1-4-24-15(8-9-20-24)17(25)23(11-5-10-22(2)3)18-21-14-7-6-13(19)12-16(14)26-18/h6-9,12H,4-5,10-11H2,1-3H3. The number of hydrogen-bond donors (Lipinski definition) is 0. The van der Waals surface area contributed by atoms with Gasteiger partial charge in [-0.1, -0.05) is 11.3 Å². The molecule has 1 amide bonds. The van der Waals surface area contributed by atoms with E-state index >= 15 is 0 Å². The Morgan fingerprint density at radius 3 is 2.81 bits per heavy atom. The van der Waals surface area contributed by atoms with Crippen molar-refractivity contribution in [3.05, 3.63) is 42.0 Å². The van der Waals surface area contributed by atoms with Gasteiger partial charge in [-0.2, -0.15) is 5.10 Å². The number of thiazole rings is 1. The minimum Gasteiger partial charge on any atom is -0.309 e. The molecule has 0 saturated carbocycles. The second kappa shape index (κ2) is 7.92. The van der Waals surface area contributed by atoms with Crippen LogP contribution >= 0.6 is 11.3 Å². The van der Waals surface area contributed by atoms with E-state index in [0.29, 0.717) is 29.4 Å². The van der Waals surface area contributed by atoms with Gasteiger partial charge in [-0.25, -0.2) is 9.37 Å². The van der Waals surface area contributed by atoms with E-state index in [1.165, 1.54) is 23.5 Å². The van der Waals surface area contributed by atoms with Crippen LogP contribution in [0.25, 0.3) is 10.2 Å². The number of rotatable bonds is 7. The molecule has 0 atom stereocenters. The van der Waals surface area contributed by atoms with Gasteiger partial charge in [0, 0.05) is 19.3 Å². The fourth-order valence-corrected chi connectivity index (χ4v) is 3.75. The zero-order valence-electron chi connectivity index (χ0n) is 15.1. The summed E-state index contributed by atoms with van der Waals surface area (Å²) in [5.41, 5.74) is 1.23. The zero-order valence-corrected chi connectivity index (χ0v) is 16.0. The van der Waals surface area contributed by atoms with Crippen LogP contribution in [0, 0.1) is 5.82 Å². The predicted molar refractivity (Wildman–Crippen MR) is 102 cm³/mol. The molecule has 0 N–H and O–H groups in total. The third-order valence-electron chi connectivity index (χ3n) is 4.04. The van der Waals surface area contributed by atoms with Gasteiger partial charge in [0.05, 0.1) is 10.2 Å². The number of carbonyl (C=O) groups excluding carboxylic acids is 1. The number of anilines is 1. The summed E-state index contributed by atoms with van der Waals surface area (Å²) in [4.78, 5) is 21.5. The Kier molecular flexibility index (Phi) is 5.63. The molecule has 0 spiro atoms. The summed E-state index contributed by atoms with van der Waals surface area (Å²) < 4.78 is 15.9. The van der Waals surface area contributed by atoms with E-state index in [1.807, 2.05) is 21.0 Å². The lowest BCUT2D eigenvalue weighted by Gasteiger charge is -2.21. The summed E-state index contributed by atoms with van der Waals surface area (Å²) >= 11 is 1.33. The number of nitrogens with zero attached hydrogens (tertiary/aromatic N) is 5. The lowest BCUT2D eigenvalue weighted by Crippen LogP contribution is -2.34. The van der Waals surface area contributed by atoms with E-state index in [0.717, 1.165) is 17.7 Å². The molecule has 0 radical (unpaired) electrons. The molecule has 2 heterocycles. The molecule has 0 fully saturated rings. The second-order valence-corrected chi connectivity index (χ2v) is 7.26. The number of aromatic nitrogens is 3. The number of benzene rings is 1. The Bertz CT molecular complexity index is 904. The average Bonchev–Trinajstić information content (AvgIpc) is 3.23. The highest BCUT2D eigenvalue weighted by Crippen LogP contribution is 2.30. The van der Waals surface area contributed by atoms with Gasteiger partial charge in [-0.3, -0.25) is 14.4 Å². The SMILES string of the molecule is CCn1nccc1C(=O)N(CCCN(C)C)c1nc2ccc(F)cc2s1. The Morgan fingerprint density at radius 2 is 2.08 bits per heavy atom. The van der Waals surface area contributed by atoms with Crippen LogP contribution in [0.4, 0.5) is 9.52 Å². The molecule has 0 unspecified atom stereocenters. The van der Waals surface area contributed by atoms with Crippen molar-refractivity contribution < 1.29 is 9.18 Å². The molecular weight excluding hydrogens is 353 g/mol. The quantitative estimate of drug-likeness (QED) is 0.636. The molecule has 0 bridgehead atoms. The van der Waals surface area contributed by atoms with Crippen LogP contribution in [0.3, 0.4) is 0 Å². The van der Waals surface area contributed by atoms with Crippen LogP contribution in [0.5, 0.6) is 0 Å². The van der Waals surface area contributed by atoms with Crippen LogP contribution in [0.1, 0.15) is 23.8 Å². The molecule has 0 aliphatic carbocycles. The van der Waals surface area contributed by atoms with E-state index in [-0.39, 0.29) is 11.7 Å². The van der Waals surface area contributed by atoms with Gasteiger partial charge in [-0.05, 0) is 58.3 Å². The van der Waals surface area contributed by atoms with Crippen molar-refractivity contribution in [2.24, 2.45) is 0 Å². The molecular formula is C18H22FN5OS. The molecule has 2 aromatic heterocycles. The molecule has 0 aliphatic rings. The smallest absolute Gasteiger partial charge is 0.278 e. The highest BCUT2D eigenvalue weighted by Gasteiger charge is 2.23. The number of hydrogen-bond acceptors (Lipinski definition) is 5. The number of aryl methyl sites for hydroxylation is 1. The van der Waals surface area contributed by atoms with Crippen molar-refractivity contribution in [2.75, 3.05) is 32.1 Å². The molecule has 138 valence electrons. The fraction of sp³-hybridized carbons (Fsp3) is 0.389. The molecule has 0 saturated heterocycles. The van der Waals surface area contributed by atoms with Crippen molar-refractivity contribution in [1.29, 1.82) is 0 Å². The summed E-state index contributed by atoms with van der Waals surface area (Å²) in [5.74, 6) is -0.440. The highest BCUT2D eigenvalue weighted by atomic mass is 32.1. The van der Waals surface area contributed by atoms with E-state index in [9.17, 15) is 9.18 Å².